The lowest BCUT2D eigenvalue weighted by Crippen LogP contribution is -2.33. The summed E-state index contributed by atoms with van der Waals surface area (Å²) in [6.45, 7) is 8.89. The van der Waals surface area contributed by atoms with Crippen LogP contribution in [0.4, 0.5) is 5.82 Å². The highest BCUT2D eigenvalue weighted by Crippen LogP contribution is 2.24. The SMILES string of the molecule is CCOc1ccccc1C(=O)NCC(=O)Nc1cc(C(C)(C)C)nn1Cc1ccccc1. The highest BCUT2D eigenvalue weighted by molar-refractivity contribution is 6.00. The Balaban J connectivity index is 1.70. The van der Waals surface area contributed by atoms with Crippen LogP contribution in [0.15, 0.2) is 60.7 Å². The number of ether oxygens (including phenoxy) is 1. The Hall–Kier alpha value is -3.61. The second-order valence-electron chi connectivity index (χ2n) is 8.47. The molecule has 0 radical (unpaired) electrons. The number of amides is 2. The third-order valence-electron chi connectivity index (χ3n) is 4.83. The molecule has 0 bridgehead atoms. The van der Waals surface area contributed by atoms with Gasteiger partial charge in [-0.2, -0.15) is 5.10 Å². The molecule has 168 valence electrons. The summed E-state index contributed by atoms with van der Waals surface area (Å²) in [6.07, 6.45) is 0. The summed E-state index contributed by atoms with van der Waals surface area (Å²) in [5.74, 6) is 0.385. The highest BCUT2D eigenvalue weighted by atomic mass is 16.5. The van der Waals surface area contributed by atoms with Crippen LogP contribution < -0.4 is 15.4 Å². The Morgan fingerprint density at radius 2 is 1.72 bits per heavy atom. The van der Waals surface area contributed by atoms with Crippen molar-refractivity contribution in [3.05, 3.63) is 77.5 Å². The van der Waals surface area contributed by atoms with Crippen LogP contribution in [0.5, 0.6) is 5.75 Å². The quantitative estimate of drug-likeness (QED) is 0.561. The number of hydrogen-bond donors (Lipinski definition) is 2. The lowest BCUT2D eigenvalue weighted by molar-refractivity contribution is -0.115. The van der Waals surface area contributed by atoms with Gasteiger partial charge in [0, 0.05) is 11.5 Å². The van der Waals surface area contributed by atoms with Gasteiger partial charge >= 0.3 is 0 Å². The molecule has 3 aromatic rings. The molecule has 0 atom stereocenters. The molecule has 0 saturated carbocycles. The Morgan fingerprint density at radius 3 is 2.41 bits per heavy atom. The maximum absolute atomic E-state index is 12.6. The molecule has 2 amide bonds. The number of carbonyl (C=O) groups is 2. The van der Waals surface area contributed by atoms with Crippen LogP contribution in [0, 0.1) is 0 Å². The number of nitrogens with zero attached hydrogens (tertiary/aromatic N) is 2. The van der Waals surface area contributed by atoms with E-state index in [2.05, 4.69) is 31.4 Å². The summed E-state index contributed by atoms with van der Waals surface area (Å²) >= 11 is 0. The van der Waals surface area contributed by atoms with Gasteiger partial charge in [0.25, 0.3) is 5.91 Å². The van der Waals surface area contributed by atoms with Crippen molar-refractivity contribution in [2.75, 3.05) is 18.5 Å². The zero-order chi connectivity index (χ0) is 23.1. The first-order valence-corrected chi connectivity index (χ1v) is 10.7. The monoisotopic (exact) mass is 434 g/mol. The molecule has 3 rings (SSSR count). The molecule has 0 aliphatic rings. The number of benzene rings is 2. The van der Waals surface area contributed by atoms with Gasteiger partial charge in [0.2, 0.25) is 5.91 Å². The van der Waals surface area contributed by atoms with Crippen LogP contribution in [0.3, 0.4) is 0 Å². The number of rotatable bonds is 8. The molecule has 2 N–H and O–H groups in total. The zero-order valence-electron chi connectivity index (χ0n) is 19.0. The average molecular weight is 435 g/mol. The van der Waals surface area contributed by atoms with Gasteiger partial charge in [-0.1, -0.05) is 63.2 Å². The van der Waals surface area contributed by atoms with E-state index >= 15 is 0 Å². The molecule has 2 aromatic carbocycles. The molecule has 1 aromatic heterocycles. The molecule has 7 nitrogen and oxygen atoms in total. The van der Waals surface area contributed by atoms with E-state index in [1.54, 1.807) is 28.9 Å². The molecule has 0 aliphatic heterocycles. The van der Waals surface area contributed by atoms with Crippen LogP contribution in [-0.4, -0.2) is 34.7 Å². The first-order valence-electron chi connectivity index (χ1n) is 10.7. The maximum Gasteiger partial charge on any atom is 0.255 e. The Morgan fingerprint density at radius 1 is 1.03 bits per heavy atom. The highest BCUT2D eigenvalue weighted by Gasteiger charge is 2.21. The fourth-order valence-electron chi connectivity index (χ4n) is 3.14. The minimum atomic E-state index is -0.364. The summed E-state index contributed by atoms with van der Waals surface area (Å²) < 4.78 is 7.27. The largest absolute Gasteiger partial charge is 0.493 e. The topological polar surface area (TPSA) is 85.2 Å². The second-order valence-corrected chi connectivity index (χ2v) is 8.47. The molecule has 0 fully saturated rings. The van der Waals surface area contributed by atoms with Gasteiger partial charge in [0.05, 0.1) is 31.0 Å². The maximum atomic E-state index is 12.6. The van der Waals surface area contributed by atoms with Gasteiger partial charge in [-0.15, -0.1) is 0 Å². The van der Waals surface area contributed by atoms with Crippen molar-refractivity contribution >= 4 is 17.6 Å². The molecule has 0 unspecified atom stereocenters. The van der Waals surface area contributed by atoms with Crippen LogP contribution in [0.1, 0.15) is 49.3 Å². The minimum absolute atomic E-state index is 0.166. The van der Waals surface area contributed by atoms with Crippen molar-refractivity contribution in [2.45, 2.75) is 39.7 Å². The van der Waals surface area contributed by atoms with Gasteiger partial charge in [0.1, 0.15) is 11.6 Å². The molecule has 0 spiro atoms. The number of anilines is 1. The van der Waals surface area contributed by atoms with E-state index < -0.39 is 0 Å². The Labute approximate surface area is 188 Å². The first kappa shape index (κ1) is 23.1. The van der Waals surface area contributed by atoms with Gasteiger partial charge in [-0.05, 0) is 24.6 Å². The molecular formula is C25H30N4O3. The number of hydrogen-bond acceptors (Lipinski definition) is 4. The van der Waals surface area contributed by atoms with E-state index in [0.29, 0.717) is 30.3 Å². The third kappa shape index (κ3) is 5.97. The van der Waals surface area contributed by atoms with E-state index in [1.807, 2.05) is 43.3 Å². The molecule has 1 heterocycles. The van der Waals surface area contributed by atoms with Crippen LogP contribution in [0.25, 0.3) is 0 Å². The molecule has 0 aliphatic carbocycles. The van der Waals surface area contributed by atoms with Gasteiger partial charge in [-0.3, -0.25) is 9.59 Å². The van der Waals surface area contributed by atoms with Gasteiger partial charge in [0.15, 0.2) is 0 Å². The standard InChI is InChI=1S/C25H30N4O3/c1-5-32-20-14-10-9-13-19(20)24(31)26-16-23(30)27-22-15-21(25(2,3)4)28-29(22)17-18-11-7-6-8-12-18/h6-15H,5,16-17H2,1-4H3,(H,26,31)(H,27,30). The first-order chi connectivity index (χ1) is 15.3. The number of para-hydroxylation sites is 1. The second kappa shape index (κ2) is 10.1. The summed E-state index contributed by atoms with van der Waals surface area (Å²) in [6, 6.07) is 18.8. The van der Waals surface area contributed by atoms with Crippen molar-refractivity contribution in [1.82, 2.24) is 15.1 Å². The van der Waals surface area contributed by atoms with Crippen molar-refractivity contribution in [2.24, 2.45) is 0 Å². The van der Waals surface area contributed by atoms with E-state index in [9.17, 15) is 9.59 Å². The van der Waals surface area contributed by atoms with Crippen LogP contribution in [0.2, 0.25) is 0 Å². The van der Waals surface area contributed by atoms with E-state index in [0.717, 1.165) is 11.3 Å². The molecule has 0 saturated heterocycles. The summed E-state index contributed by atoms with van der Waals surface area (Å²) in [5.41, 5.74) is 2.18. The van der Waals surface area contributed by atoms with E-state index in [1.165, 1.54) is 0 Å². The minimum Gasteiger partial charge on any atom is -0.493 e. The third-order valence-corrected chi connectivity index (χ3v) is 4.83. The van der Waals surface area contributed by atoms with E-state index in [4.69, 9.17) is 9.84 Å². The number of aromatic nitrogens is 2. The summed E-state index contributed by atoms with van der Waals surface area (Å²) in [7, 11) is 0. The molecular weight excluding hydrogens is 404 g/mol. The predicted octanol–water partition coefficient (Wildman–Crippen LogP) is 4.00. The molecule has 32 heavy (non-hydrogen) atoms. The fourth-order valence-corrected chi connectivity index (χ4v) is 3.14. The fraction of sp³-hybridized carbons (Fsp3) is 0.320. The van der Waals surface area contributed by atoms with Crippen LogP contribution in [-0.2, 0) is 16.8 Å². The van der Waals surface area contributed by atoms with Gasteiger partial charge < -0.3 is 15.4 Å². The number of nitrogens with one attached hydrogen (secondary N) is 2. The van der Waals surface area contributed by atoms with Crippen molar-refractivity contribution < 1.29 is 14.3 Å². The lowest BCUT2D eigenvalue weighted by atomic mass is 9.92. The summed E-state index contributed by atoms with van der Waals surface area (Å²) in [4.78, 5) is 25.2. The smallest absolute Gasteiger partial charge is 0.255 e. The average Bonchev–Trinajstić information content (AvgIpc) is 3.16. The number of carbonyl (C=O) groups excluding carboxylic acids is 2. The summed E-state index contributed by atoms with van der Waals surface area (Å²) in [5, 5.41) is 10.3. The van der Waals surface area contributed by atoms with Crippen molar-refractivity contribution in [3.63, 3.8) is 0 Å². The molecule has 7 heteroatoms. The zero-order valence-corrected chi connectivity index (χ0v) is 19.0. The lowest BCUT2D eigenvalue weighted by Gasteiger charge is -2.14. The van der Waals surface area contributed by atoms with E-state index in [-0.39, 0.29) is 23.8 Å². The van der Waals surface area contributed by atoms with Crippen molar-refractivity contribution in [3.8, 4) is 5.75 Å². The Bertz CT molecular complexity index is 1070. The van der Waals surface area contributed by atoms with Crippen molar-refractivity contribution in [1.29, 1.82) is 0 Å². The van der Waals surface area contributed by atoms with Gasteiger partial charge in [-0.25, -0.2) is 4.68 Å². The normalized spacial score (nSPS) is 11.1. The van der Waals surface area contributed by atoms with Crippen LogP contribution >= 0.6 is 0 Å². The Kier molecular flexibility index (Phi) is 7.30. The predicted molar refractivity (Wildman–Crippen MR) is 125 cm³/mol.